The average Bonchev–Trinajstić information content (AvgIpc) is 3.54. The largest absolute Gasteiger partial charge is 0.374 e. The SMILES string of the molecule is C[C@@H]1CC2(CCN(c3ccc(C(=O)N4CCC(CN5CCN(c6cccc(NC7CCC(=O)NC7=O)c6)CC5)CC4)cc3)CC2)CN1c1ccc(C#N)c(Cl)c1. The van der Waals surface area contributed by atoms with E-state index >= 15 is 0 Å². The van der Waals surface area contributed by atoms with E-state index in [-0.39, 0.29) is 29.2 Å². The minimum atomic E-state index is -0.389. The number of carbonyl (C=O) groups excluding carboxylic acids is 3. The number of likely N-dealkylation sites (tertiary alicyclic amines) is 1. The van der Waals surface area contributed by atoms with E-state index < -0.39 is 0 Å². The topological polar surface area (TPSA) is 115 Å². The molecular formula is C44H53ClN8O3. The predicted molar refractivity (Wildman–Crippen MR) is 221 cm³/mol. The molecule has 294 valence electrons. The Morgan fingerprint density at radius 2 is 1.59 bits per heavy atom. The highest BCUT2D eigenvalue weighted by Crippen LogP contribution is 2.46. The van der Waals surface area contributed by atoms with Crippen LogP contribution in [0.15, 0.2) is 66.7 Å². The average molecular weight is 777 g/mol. The van der Waals surface area contributed by atoms with Crippen LogP contribution >= 0.6 is 11.6 Å². The van der Waals surface area contributed by atoms with Crippen LogP contribution in [-0.2, 0) is 9.59 Å². The van der Waals surface area contributed by atoms with Gasteiger partial charge in [-0.25, -0.2) is 0 Å². The number of amides is 3. The normalized spacial score (nSPS) is 23.3. The van der Waals surface area contributed by atoms with Crippen LogP contribution in [0.25, 0.3) is 0 Å². The van der Waals surface area contributed by atoms with Crippen molar-refractivity contribution in [1.29, 1.82) is 5.26 Å². The molecule has 1 unspecified atom stereocenters. The summed E-state index contributed by atoms with van der Waals surface area (Å²) in [6, 6.07) is 24.5. The molecule has 0 radical (unpaired) electrons. The van der Waals surface area contributed by atoms with Gasteiger partial charge in [0.25, 0.3) is 5.91 Å². The minimum Gasteiger partial charge on any atom is -0.374 e. The van der Waals surface area contributed by atoms with Crippen molar-refractivity contribution in [2.24, 2.45) is 11.3 Å². The molecule has 56 heavy (non-hydrogen) atoms. The molecule has 3 aromatic rings. The number of benzene rings is 3. The molecular weight excluding hydrogens is 724 g/mol. The first-order chi connectivity index (χ1) is 27.1. The second-order valence-corrected chi connectivity index (χ2v) is 17.1. The van der Waals surface area contributed by atoms with Crippen LogP contribution < -0.4 is 25.3 Å². The Hall–Kier alpha value is -4.79. The van der Waals surface area contributed by atoms with Gasteiger partial charge in [0.2, 0.25) is 11.8 Å². The van der Waals surface area contributed by atoms with Gasteiger partial charge in [0.05, 0.1) is 10.6 Å². The number of nitrogens with zero attached hydrogens (tertiary/aromatic N) is 6. The lowest BCUT2D eigenvalue weighted by atomic mass is 9.76. The van der Waals surface area contributed by atoms with E-state index in [1.807, 2.05) is 47.4 Å². The number of carbonyl (C=O) groups is 3. The maximum atomic E-state index is 13.6. The number of piperazine rings is 1. The van der Waals surface area contributed by atoms with Gasteiger partial charge in [-0.2, -0.15) is 5.26 Å². The van der Waals surface area contributed by atoms with Gasteiger partial charge >= 0.3 is 0 Å². The first kappa shape index (κ1) is 38.1. The summed E-state index contributed by atoms with van der Waals surface area (Å²) in [5.41, 5.74) is 5.90. The summed E-state index contributed by atoms with van der Waals surface area (Å²) in [6.07, 6.45) is 6.34. The lowest BCUT2D eigenvalue weighted by Gasteiger charge is -2.40. The van der Waals surface area contributed by atoms with Crippen molar-refractivity contribution in [3.63, 3.8) is 0 Å². The highest BCUT2D eigenvalue weighted by atomic mass is 35.5. The van der Waals surface area contributed by atoms with Gasteiger partial charge in [-0.1, -0.05) is 17.7 Å². The maximum absolute atomic E-state index is 13.6. The highest BCUT2D eigenvalue weighted by molar-refractivity contribution is 6.32. The van der Waals surface area contributed by atoms with Gasteiger partial charge in [0.15, 0.2) is 0 Å². The Balaban J connectivity index is 0.762. The molecule has 5 saturated heterocycles. The van der Waals surface area contributed by atoms with Crippen LogP contribution in [-0.4, -0.2) is 105 Å². The van der Waals surface area contributed by atoms with Gasteiger partial charge in [0, 0.05) is 106 Å². The van der Waals surface area contributed by atoms with Crippen molar-refractivity contribution in [2.45, 2.75) is 64.0 Å². The number of nitrogens with one attached hydrogen (secondary N) is 2. The second kappa shape index (κ2) is 16.4. The van der Waals surface area contributed by atoms with Crippen molar-refractivity contribution < 1.29 is 14.4 Å². The van der Waals surface area contributed by atoms with E-state index in [1.54, 1.807) is 0 Å². The van der Waals surface area contributed by atoms with Crippen LogP contribution in [0.3, 0.4) is 0 Å². The Morgan fingerprint density at radius 1 is 0.875 bits per heavy atom. The van der Waals surface area contributed by atoms with Crippen LogP contribution in [0, 0.1) is 22.7 Å². The first-order valence-corrected chi connectivity index (χ1v) is 20.8. The van der Waals surface area contributed by atoms with Crippen LogP contribution in [0.4, 0.5) is 22.7 Å². The summed E-state index contributed by atoms with van der Waals surface area (Å²) in [5.74, 6) is 0.268. The van der Waals surface area contributed by atoms with Gasteiger partial charge in [-0.3, -0.25) is 24.6 Å². The monoisotopic (exact) mass is 776 g/mol. The van der Waals surface area contributed by atoms with E-state index in [4.69, 9.17) is 11.6 Å². The molecule has 3 amide bonds. The molecule has 3 aromatic carbocycles. The molecule has 5 aliphatic heterocycles. The number of halogens is 1. The molecule has 0 saturated carbocycles. The molecule has 5 fully saturated rings. The molecule has 5 heterocycles. The van der Waals surface area contributed by atoms with E-state index in [9.17, 15) is 19.6 Å². The zero-order chi connectivity index (χ0) is 38.8. The lowest BCUT2D eigenvalue weighted by Crippen LogP contribution is -2.49. The van der Waals surface area contributed by atoms with Gasteiger partial charge in [-0.05, 0) is 117 Å². The number of rotatable bonds is 8. The summed E-state index contributed by atoms with van der Waals surface area (Å²) < 4.78 is 0. The fraction of sp³-hybridized carbons (Fsp3) is 0.500. The van der Waals surface area contributed by atoms with Crippen LogP contribution in [0.1, 0.15) is 67.8 Å². The van der Waals surface area contributed by atoms with E-state index in [2.05, 4.69) is 67.5 Å². The molecule has 2 atom stereocenters. The van der Waals surface area contributed by atoms with E-state index in [1.165, 1.54) is 5.69 Å². The zero-order valence-corrected chi connectivity index (χ0v) is 33.1. The van der Waals surface area contributed by atoms with Gasteiger partial charge < -0.3 is 24.9 Å². The number of nitriles is 1. The smallest absolute Gasteiger partial charge is 0.253 e. The summed E-state index contributed by atoms with van der Waals surface area (Å²) in [5, 5.41) is 15.5. The molecule has 5 aliphatic rings. The Kier molecular flexibility index (Phi) is 11.1. The van der Waals surface area contributed by atoms with Crippen LogP contribution in [0.2, 0.25) is 5.02 Å². The number of hydrogen-bond donors (Lipinski definition) is 2. The molecule has 11 nitrogen and oxygen atoms in total. The summed E-state index contributed by atoms with van der Waals surface area (Å²) >= 11 is 6.38. The predicted octanol–water partition coefficient (Wildman–Crippen LogP) is 5.99. The molecule has 12 heteroatoms. The summed E-state index contributed by atoms with van der Waals surface area (Å²) in [7, 11) is 0. The number of imide groups is 1. The van der Waals surface area contributed by atoms with Gasteiger partial charge in [0.1, 0.15) is 12.1 Å². The third kappa shape index (κ3) is 8.33. The molecule has 0 aliphatic carbocycles. The molecule has 0 bridgehead atoms. The van der Waals surface area contributed by atoms with E-state index in [0.29, 0.717) is 35.4 Å². The third-order valence-corrected chi connectivity index (χ3v) is 13.4. The Labute approximate surface area is 335 Å². The van der Waals surface area contributed by atoms with Crippen LogP contribution in [0.5, 0.6) is 0 Å². The number of anilines is 4. The molecule has 1 spiro atoms. The molecule has 2 N–H and O–H groups in total. The minimum absolute atomic E-state index is 0.137. The van der Waals surface area contributed by atoms with E-state index in [0.717, 1.165) is 120 Å². The lowest BCUT2D eigenvalue weighted by molar-refractivity contribution is -0.133. The van der Waals surface area contributed by atoms with Crippen molar-refractivity contribution >= 4 is 52.1 Å². The Bertz CT molecular complexity index is 1960. The number of piperidine rings is 3. The second-order valence-electron chi connectivity index (χ2n) is 16.7. The maximum Gasteiger partial charge on any atom is 0.253 e. The van der Waals surface area contributed by atoms with Crippen molar-refractivity contribution in [2.75, 3.05) is 85.5 Å². The first-order valence-electron chi connectivity index (χ1n) is 20.4. The van der Waals surface area contributed by atoms with Crippen molar-refractivity contribution in [3.8, 4) is 6.07 Å². The fourth-order valence-corrected chi connectivity index (χ4v) is 9.95. The third-order valence-electron chi connectivity index (χ3n) is 13.1. The molecule has 8 rings (SSSR count). The number of hydrogen-bond acceptors (Lipinski definition) is 9. The quantitative estimate of drug-likeness (QED) is 0.267. The van der Waals surface area contributed by atoms with Crippen molar-refractivity contribution in [1.82, 2.24) is 15.1 Å². The summed E-state index contributed by atoms with van der Waals surface area (Å²) in [6.45, 7) is 11.9. The standard InChI is InChI=1S/C44H53ClN8O3/c1-31-27-44(30-53(31)38-10-7-34(28-46)39(45)26-38)15-19-50(20-16-44)36-8-5-33(6-9-36)43(56)52-17-13-32(14-18-52)29-49-21-23-51(24-22-49)37-4-2-3-35(25-37)47-40-11-12-41(54)48-42(40)55/h2-10,25-26,31-32,40,47H,11-24,27,29-30H2,1H3,(H,48,54,55)/t31-,40?/m1/s1. The Morgan fingerprint density at radius 3 is 2.29 bits per heavy atom. The fourth-order valence-electron chi connectivity index (χ4n) is 9.73. The zero-order valence-electron chi connectivity index (χ0n) is 32.4. The highest BCUT2D eigenvalue weighted by Gasteiger charge is 2.44. The van der Waals surface area contributed by atoms with Gasteiger partial charge in [-0.15, -0.1) is 0 Å². The molecule has 0 aromatic heterocycles. The summed E-state index contributed by atoms with van der Waals surface area (Å²) in [4.78, 5) is 49.2. The van der Waals surface area contributed by atoms with Crippen molar-refractivity contribution in [3.05, 3.63) is 82.9 Å².